The van der Waals surface area contributed by atoms with Crippen LogP contribution in [0.25, 0.3) is 0 Å². The van der Waals surface area contributed by atoms with Gasteiger partial charge in [-0.15, -0.1) is 0 Å². The maximum atomic E-state index is 11.1. The summed E-state index contributed by atoms with van der Waals surface area (Å²) in [4.78, 5) is 32.8. The van der Waals surface area contributed by atoms with E-state index in [0.717, 1.165) is 12.8 Å². The second-order valence-electron chi connectivity index (χ2n) is 3.75. The first-order chi connectivity index (χ1) is 6.59. The number of carbonyl (C=O) groups is 3. The fourth-order valence-electron chi connectivity index (χ4n) is 1.51. The van der Waals surface area contributed by atoms with E-state index in [1.807, 2.05) is 0 Å². The topological polar surface area (TPSA) is 89.3 Å². The van der Waals surface area contributed by atoms with Gasteiger partial charge in [-0.2, -0.15) is 0 Å². The SMILES string of the molecule is NC(=O)CC1[C](NC2CC2)C(=O)C1=O. The summed E-state index contributed by atoms with van der Waals surface area (Å²) in [5, 5.41) is 2.96. The largest absolute Gasteiger partial charge is 0.370 e. The Balaban J connectivity index is 1.95. The van der Waals surface area contributed by atoms with Crippen molar-refractivity contribution in [1.29, 1.82) is 0 Å². The number of hydrogen-bond donors (Lipinski definition) is 2. The van der Waals surface area contributed by atoms with Crippen LogP contribution in [0, 0.1) is 12.0 Å². The minimum absolute atomic E-state index is 0.0559. The Hall–Kier alpha value is -1.23. The van der Waals surface area contributed by atoms with Crippen LogP contribution in [-0.4, -0.2) is 23.5 Å². The van der Waals surface area contributed by atoms with Crippen LogP contribution in [0.5, 0.6) is 0 Å². The van der Waals surface area contributed by atoms with Crippen molar-refractivity contribution in [3.8, 4) is 0 Å². The molecule has 1 unspecified atom stereocenters. The highest BCUT2D eigenvalue weighted by Gasteiger charge is 2.51. The van der Waals surface area contributed by atoms with Crippen molar-refractivity contribution in [2.45, 2.75) is 25.3 Å². The Morgan fingerprint density at radius 1 is 1.43 bits per heavy atom. The van der Waals surface area contributed by atoms with Crippen molar-refractivity contribution in [2.75, 3.05) is 0 Å². The summed E-state index contributed by atoms with van der Waals surface area (Å²) >= 11 is 0. The van der Waals surface area contributed by atoms with Gasteiger partial charge in [0.1, 0.15) is 6.04 Å². The third kappa shape index (κ3) is 1.55. The fourth-order valence-corrected chi connectivity index (χ4v) is 1.51. The average molecular weight is 195 g/mol. The lowest BCUT2D eigenvalue weighted by molar-refractivity contribution is -0.146. The van der Waals surface area contributed by atoms with Crippen LogP contribution in [0.3, 0.4) is 0 Å². The standard InChI is InChI=1S/C9H11N2O3/c10-6(12)3-5-7(9(14)8(5)13)11-4-1-2-4/h4-5,11H,1-3H2,(H2,10,12). The molecule has 1 atom stereocenters. The van der Waals surface area contributed by atoms with E-state index in [-0.39, 0.29) is 6.42 Å². The number of ketones is 2. The molecule has 2 rings (SSSR count). The molecule has 0 aromatic heterocycles. The summed E-state index contributed by atoms with van der Waals surface area (Å²) in [6.07, 6.45) is 1.99. The van der Waals surface area contributed by atoms with E-state index in [0.29, 0.717) is 12.1 Å². The molecule has 1 amide bonds. The Labute approximate surface area is 81.0 Å². The highest BCUT2D eigenvalue weighted by Crippen LogP contribution is 2.33. The molecule has 2 fully saturated rings. The molecule has 75 valence electrons. The summed E-state index contributed by atoms with van der Waals surface area (Å²) in [6, 6.07) is 0.703. The summed E-state index contributed by atoms with van der Waals surface area (Å²) < 4.78 is 0. The molecule has 0 spiro atoms. The first-order valence-corrected chi connectivity index (χ1v) is 4.60. The van der Waals surface area contributed by atoms with E-state index < -0.39 is 23.4 Å². The quantitative estimate of drug-likeness (QED) is 0.558. The van der Waals surface area contributed by atoms with Gasteiger partial charge in [0.15, 0.2) is 0 Å². The van der Waals surface area contributed by atoms with Gasteiger partial charge in [0.05, 0.1) is 5.92 Å². The number of rotatable bonds is 4. The molecular formula is C9H11N2O3. The summed E-state index contributed by atoms with van der Waals surface area (Å²) in [5.74, 6) is -2.12. The molecule has 3 N–H and O–H groups in total. The molecule has 0 aromatic rings. The van der Waals surface area contributed by atoms with E-state index in [1.165, 1.54) is 0 Å². The number of carbonyl (C=O) groups excluding carboxylic acids is 3. The molecule has 2 saturated carbocycles. The van der Waals surface area contributed by atoms with Crippen molar-refractivity contribution in [2.24, 2.45) is 11.7 Å². The Bertz CT molecular complexity index is 309. The van der Waals surface area contributed by atoms with Gasteiger partial charge in [0.25, 0.3) is 0 Å². The maximum Gasteiger partial charge on any atom is 0.221 e. The molecule has 0 saturated heterocycles. The lowest BCUT2D eigenvalue weighted by Gasteiger charge is -2.31. The van der Waals surface area contributed by atoms with E-state index in [9.17, 15) is 14.4 Å². The third-order valence-corrected chi connectivity index (χ3v) is 2.48. The van der Waals surface area contributed by atoms with Crippen LogP contribution in [0.4, 0.5) is 0 Å². The number of amides is 1. The van der Waals surface area contributed by atoms with Gasteiger partial charge in [-0.25, -0.2) is 0 Å². The number of nitrogens with two attached hydrogens (primary N) is 1. The van der Waals surface area contributed by atoms with Crippen molar-refractivity contribution in [3.05, 3.63) is 6.04 Å². The number of nitrogens with one attached hydrogen (secondary N) is 1. The zero-order chi connectivity index (χ0) is 10.3. The smallest absolute Gasteiger partial charge is 0.221 e. The van der Waals surface area contributed by atoms with Crippen molar-refractivity contribution in [3.63, 3.8) is 0 Å². The zero-order valence-corrected chi connectivity index (χ0v) is 7.58. The molecule has 0 heterocycles. The second-order valence-corrected chi connectivity index (χ2v) is 3.75. The van der Waals surface area contributed by atoms with E-state index in [1.54, 1.807) is 0 Å². The fraction of sp³-hybridized carbons (Fsp3) is 0.556. The van der Waals surface area contributed by atoms with Crippen LogP contribution in [0.1, 0.15) is 19.3 Å². The third-order valence-electron chi connectivity index (χ3n) is 2.48. The lowest BCUT2D eigenvalue weighted by atomic mass is 9.74. The number of Topliss-reactive ketones (excluding diaryl/α,β-unsaturated/α-hetero) is 2. The normalized spacial score (nSPS) is 27.6. The number of primary amides is 1. The minimum Gasteiger partial charge on any atom is -0.370 e. The predicted octanol–water partition coefficient (Wildman–Crippen LogP) is -1.09. The van der Waals surface area contributed by atoms with Crippen LogP contribution in [0.2, 0.25) is 0 Å². The average Bonchev–Trinajstić information content (AvgIpc) is 2.93. The predicted molar refractivity (Wildman–Crippen MR) is 46.7 cm³/mol. The minimum atomic E-state index is -0.597. The van der Waals surface area contributed by atoms with Gasteiger partial charge in [0, 0.05) is 12.5 Å². The van der Waals surface area contributed by atoms with Crippen LogP contribution >= 0.6 is 0 Å². The van der Waals surface area contributed by atoms with Gasteiger partial charge in [-0.3, -0.25) is 19.7 Å². The molecule has 2 aliphatic rings. The number of hydrogen-bond acceptors (Lipinski definition) is 4. The van der Waals surface area contributed by atoms with Crippen molar-refractivity contribution < 1.29 is 14.4 Å². The van der Waals surface area contributed by atoms with E-state index >= 15 is 0 Å². The second kappa shape index (κ2) is 3.16. The molecule has 0 aromatic carbocycles. The van der Waals surface area contributed by atoms with Crippen LogP contribution < -0.4 is 11.1 Å². The Morgan fingerprint density at radius 2 is 2.07 bits per heavy atom. The first kappa shape index (κ1) is 9.33. The first-order valence-electron chi connectivity index (χ1n) is 4.60. The molecule has 5 heteroatoms. The van der Waals surface area contributed by atoms with Gasteiger partial charge >= 0.3 is 0 Å². The van der Waals surface area contributed by atoms with Crippen LogP contribution in [0.15, 0.2) is 0 Å². The molecule has 14 heavy (non-hydrogen) atoms. The monoisotopic (exact) mass is 195 g/mol. The molecular weight excluding hydrogens is 184 g/mol. The molecule has 0 bridgehead atoms. The highest BCUT2D eigenvalue weighted by atomic mass is 16.2. The zero-order valence-electron chi connectivity index (χ0n) is 7.58. The van der Waals surface area contributed by atoms with Crippen molar-refractivity contribution in [1.82, 2.24) is 5.32 Å². The van der Waals surface area contributed by atoms with E-state index in [4.69, 9.17) is 5.73 Å². The van der Waals surface area contributed by atoms with Crippen LogP contribution in [-0.2, 0) is 14.4 Å². The highest BCUT2D eigenvalue weighted by molar-refractivity contribution is 6.51. The lowest BCUT2D eigenvalue weighted by Crippen LogP contribution is -2.55. The summed E-state index contributed by atoms with van der Waals surface area (Å²) in [5.41, 5.74) is 4.98. The Morgan fingerprint density at radius 3 is 2.57 bits per heavy atom. The molecule has 5 nitrogen and oxygen atoms in total. The molecule has 1 radical (unpaired) electrons. The Kier molecular flexibility index (Phi) is 2.11. The van der Waals surface area contributed by atoms with E-state index in [2.05, 4.69) is 5.32 Å². The molecule has 0 aliphatic heterocycles. The molecule has 2 aliphatic carbocycles. The van der Waals surface area contributed by atoms with Crippen molar-refractivity contribution >= 4 is 17.5 Å². The van der Waals surface area contributed by atoms with Gasteiger partial charge in [-0.1, -0.05) is 0 Å². The van der Waals surface area contributed by atoms with Gasteiger partial charge in [-0.05, 0) is 12.8 Å². The summed E-state index contributed by atoms with van der Waals surface area (Å²) in [6.45, 7) is 0. The van der Waals surface area contributed by atoms with Gasteiger partial charge < -0.3 is 5.73 Å². The van der Waals surface area contributed by atoms with Gasteiger partial charge in [0.2, 0.25) is 17.5 Å². The summed E-state index contributed by atoms with van der Waals surface area (Å²) in [7, 11) is 0. The maximum absolute atomic E-state index is 11.1.